The van der Waals surface area contributed by atoms with E-state index in [1.807, 2.05) is 31.2 Å². The van der Waals surface area contributed by atoms with Gasteiger partial charge in [0.25, 0.3) is 0 Å². The lowest BCUT2D eigenvalue weighted by Crippen LogP contribution is -2.27. The molecule has 1 fully saturated rings. The van der Waals surface area contributed by atoms with Crippen LogP contribution in [0.5, 0.6) is 0 Å². The largest absolute Gasteiger partial charge is 0.273 e. The van der Waals surface area contributed by atoms with Crippen molar-refractivity contribution in [2.45, 2.75) is 12.3 Å². The van der Waals surface area contributed by atoms with Crippen molar-refractivity contribution in [3.8, 4) is 0 Å². The number of aryl methyl sites for hydroxylation is 1. The van der Waals surface area contributed by atoms with E-state index < -0.39 is 0 Å². The van der Waals surface area contributed by atoms with Gasteiger partial charge in [-0.2, -0.15) is 0 Å². The van der Waals surface area contributed by atoms with Crippen molar-refractivity contribution < 1.29 is 4.79 Å². The minimum Gasteiger partial charge on any atom is -0.273 e. The molecule has 0 unspecified atom stereocenters. The minimum absolute atomic E-state index is 0.0771. The summed E-state index contributed by atoms with van der Waals surface area (Å²) in [5.41, 5.74) is 0.966. The van der Waals surface area contributed by atoms with E-state index in [1.54, 1.807) is 22.9 Å². The molecule has 0 spiro atoms. The molecule has 2 heterocycles. The average molecular weight is 311 g/mol. The van der Waals surface area contributed by atoms with Gasteiger partial charge in [0.05, 0.1) is 5.75 Å². The van der Waals surface area contributed by atoms with Crippen LogP contribution in [-0.4, -0.2) is 16.6 Å². The maximum atomic E-state index is 12.1. The van der Waals surface area contributed by atoms with E-state index in [1.165, 1.54) is 11.3 Å². The second-order valence-corrected chi connectivity index (χ2v) is 6.89. The number of nitrogens with zero attached hydrogens (tertiary/aromatic N) is 2. The zero-order valence-corrected chi connectivity index (χ0v) is 12.6. The predicted molar refractivity (Wildman–Crippen MR) is 81.0 cm³/mol. The first-order valence-electron chi connectivity index (χ1n) is 5.77. The normalized spacial score (nSPS) is 19.2. The molecule has 2 aromatic rings. The highest BCUT2D eigenvalue weighted by molar-refractivity contribution is 8.00. The third-order valence-corrected chi connectivity index (χ3v) is 5.30. The van der Waals surface area contributed by atoms with Gasteiger partial charge in [-0.3, -0.25) is 9.69 Å². The van der Waals surface area contributed by atoms with Gasteiger partial charge in [-0.05, 0) is 13.0 Å². The number of carbonyl (C=O) groups is 1. The number of anilines is 1. The molecule has 0 N–H and O–H groups in total. The highest BCUT2D eigenvalue weighted by Gasteiger charge is 2.36. The molecular formula is C13H11ClN2OS2. The Morgan fingerprint density at radius 2 is 2.21 bits per heavy atom. The van der Waals surface area contributed by atoms with E-state index in [9.17, 15) is 4.79 Å². The number of aromatic nitrogens is 1. The zero-order chi connectivity index (χ0) is 13.4. The lowest BCUT2D eigenvalue weighted by molar-refractivity contribution is -0.115. The molecule has 0 bridgehead atoms. The second kappa shape index (κ2) is 5.15. The molecule has 1 aliphatic rings. The number of halogens is 1. The van der Waals surface area contributed by atoms with Gasteiger partial charge in [0, 0.05) is 21.7 Å². The van der Waals surface area contributed by atoms with Crippen molar-refractivity contribution in [2.75, 3.05) is 10.7 Å². The Hall–Kier alpha value is -1.04. The lowest BCUT2D eigenvalue weighted by atomic mass is 10.2. The molecule has 1 aromatic heterocycles. The van der Waals surface area contributed by atoms with E-state index in [0.29, 0.717) is 10.8 Å². The molecule has 0 aliphatic carbocycles. The number of rotatable bonds is 2. The van der Waals surface area contributed by atoms with Crippen LogP contribution in [0, 0.1) is 6.92 Å². The summed E-state index contributed by atoms with van der Waals surface area (Å²) in [6.07, 6.45) is 1.79. The Bertz CT molecular complexity index is 629. The van der Waals surface area contributed by atoms with Crippen molar-refractivity contribution in [2.24, 2.45) is 0 Å². The summed E-state index contributed by atoms with van der Waals surface area (Å²) in [5, 5.41) is 1.36. The molecule has 1 saturated heterocycles. The summed E-state index contributed by atoms with van der Waals surface area (Å²) in [4.78, 5) is 19.3. The summed E-state index contributed by atoms with van der Waals surface area (Å²) in [6.45, 7) is 1.99. The lowest BCUT2D eigenvalue weighted by Gasteiger charge is -2.22. The van der Waals surface area contributed by atoms with E-state index >= 15 is 0 Å². The predicted octanol–water partition coefficient (Wildman–Crippen LogP) is 3.88. The van der Waals surface area contributed by atoms with Gasteiger partial charge >= 0.3 is 0 Å². The fourth-order valence-corrected chi connectivity index (χ4v) is 4.36. The van der Waals surface area contributed by atoms with Gasteiger partial charge in [-0.25, -0.2) is 4.98 Å². The van der Waals surface area contributed by atoms with Gasteiger partial charge < -0.3 is 0 Å². The number of hydrogen-bond donors (Lipinski definition) is 0. The van der Waals surface area contributed by atoms with Crippen LogP contribution < -0.4 is 4.90 Å². The number of thiazole rings is 1. The van der Waals surface area contributed by atoms with Gasteiger partial charge in [0.2, 0.25) is 5.91 Å². The Morgan fingerprint density at radius 1 is 1.42 bits per heavy atom. The Labute approximate surface area is 124 Å². The summed E-state index contributed by atoms with van der Waals surface area (Å²) in [6, 6.07) is 7.65. The average Bonchev–Trinajstić information content (AvgIpc) is 2.96. The number of hydrogen-bond acceptors (Lipinski definition) is 4. The Morgan fingerprint density at radius 3 is 2.89 bits per heavy atom. The first-order chi connectivity index (χ1) is 9.16. The standard InChI is InChI=1S/C13H11ClN2OS2/c1-8-6-15-13(19-8)16-11(17)7-18-12(16)9-4-2-3-5-10(9)14/h2-6,12H,7H2,1H3/t12-/m0/s1. The number of amides is 1. The van der Waals surface area contributed by atoms with Crippen LogP contribution in [0.4, 0.5) is 5.13 Å². The number of benzene rings is 1. The van der Waals surface area contributed by atoms with E-state index in [4.69, 9.17) is 11.6 Å². The fraction of sp³-hybridized carbons (Fsp3) is 0.231. The molecule has 6 heteroatoms. The molecule has 19 heavy (non-hydrogen) atoms. The summed E-state index contributed by atoms with van der Waals surface area (Å²) in [7, 11) is 0. The van der Waals surface area contributed by atoms with Crippen LogP contribution in [0.25, 0.3) is 0 Å². The second-order valence-electron chi connectivity index (χ2n) is 4.20. The molecule has 0 saturated carbocycles. The number of carbonyl (C=O) groups excluding carboxylic acids is 1. The van der Waals surface area contributed by atoms with E-state index in [2.05, 4.69) is 4.98 Å². The molecule has 3 nitrogen and oxygen atoms in total. The van der Waals surface area contributed by atoms with Crippen molar-refractivity contribution in [3.05, 3.63) is 45.9 Å². The molecule has 1 atom stereocenters. The van der Waals surface area contributed by atoms with Crippen molar-refractivity contribution in [3.63, 3.8) is 0 Å². The third-order valence-electron chi connectivity index (χ3n) is 2.85. The molecule has 3 rings (SSSR count). The highest BCUT2D eigenvalue weighted by atomic mass is 35.5. The SMILES string of the molecule is Cc1cnc(N2C(=O)CS[C@H]2c2ccccc2Cl)s1. The van der Waals surface area contributed by atoms with Crippen LogP contribution in [-0.2, 0) is 4.79 Å². The topological polar surface area (TPSA) is 33.2 Å². The fourth-order valence-electron chi connectivity index (χ4n) is 1.99. The van der Waals surface area contributed by atoms with Gasteiger partial charge in [0.1, 0.15) is 5.37 Å². The van der Waals surface area contributed by atoms with Crippen LogP contribution in [0.1, 0.15) is 15.8 Å². The van der Waals surface area contributed by atoms with Crippen LogP contribution in [0.2, 0.25) is 5.02 Å². The van der Waals surface area contributed by atoms with E-state index in [-0.39, 0.29) is 11.3 Å². The first-order valence-corrected chi connectivity index (χ1v) is 8.01. The van der Waals surface area contributed by atoms with Crippen LogP contribution in [0.15, 0.2) is 30.5 Å². The monoisotopic (exact) mass is 310 g/mol. The molecule has 98 valence electrons. The maximum Gasteiger partial charge on any atom is 0.240 e. The minimum atomic E-state index is -0.0771. The van der Waals surface area contributed by atoms with E-state index in [0.717, 1.165) is 15.6 Å². The third kappa shape index (κ3) is 2.38. The van der Waals surface area contributed by atoms with Crippen molar-refractivity contribution in [1.82, 2.24) is 4.98 Å². The Kier molecular flexibility index (Phi) is 3.52. The summed E-state index contributed by atoms with van der Waals surface area (Å²) >= 11 is 9.36. The van der Waals surface area contributed by atoms with Gasteiger partial charge in [0.15, 0.2) is 5.13 Å². The van der Waals surface area contributed by atoms with Crippen molar-refractivity contribution >= 4 is 45.7 Å². The number of thioether (sulfide) groups is 1. The maximum absolute atomic E-state index is 12.1. The summed E-state index contributed by atoms with van der Waals surface area (Å²) < 4.78 is 0. The van der Waals surface area contributed by atoms with Crippen LogP contribution >= 0.6 is 34.7 Å². The Balaban J connectivity index is 2.02. The molecule has 1 aliphatic heterocycles. The van der Waals surface area contributed by atoms with Gasteiger partial charge in [-0.1, -0.05) is 29.8 Å². The smallest absolute Gasteiger partial charge is 0.240 e. The molecule has 1 amide bonds. The highest BCUT2D eigenvalue weighted by Crippen LogP contribution is 2.44. The van der Waals surface area contributed by atoms with Gasteiger partial charge in [-0.15, -0.1) is 23.1 Å². The molecule has 0 radical (unpaired) electrons. The molecule has 1 aromatic carbocycles. The zero-order valence-electron chi connectivity index (χ0n) is 10.2. The van der Waals surface area contributed by atoms with Crippen LogP contribution in [0.3, 0.4) is 0 Å². The van der Waals surface area contributed by atoms with Crippen molar-refractivity contribution in [1.29, 1.82) is 0 Å². The quantitative estimate of drug-likeness (QED) is 0.844. The summed E-state index contributed by atoms with van der Waals surface area (Å²) in [5.74, 6) is 0.554. The molecular weight excluding hydrogens is 300 g/mol. The first kappa shape index (κ1) is 13.0.